The summed E-state index contributed by atoms with van der Waals surface area (Å²) in [7, 11) is 0. The molecule has 0 saturated carbocycles. The van der Waals surface area contributed by atoms with Gasteiger partial charge in [-0.15, -0.1) is 16.2 Å². The van der Waals surface area contributed by atoms with E-state index in [0.29, 0.717) is 10.2 Å². The van der Waals surface area contributed by atoms with Crippen molar-refractivity contribution in [2.24, 2.45) is 5.18 Å². The second-order valence-corrected chi connectivity index (χ2v) is 3.08. The van der Waals surface area contributed by atoms with E-state index in [1.165, 1.54) is 17.4 Å². The van der Waals surface area contributed by atoms with E-state index in [4.69, 9.17) is 0 Å². The van der Waals surface area contributed by atoms with E-state index in [0.717, 1.165) is 0 Å². The molecule has 1 aromatic carbocycles. The van der Waals surface area contributed by atoms with Crippen molar-refractivity contribution in [2.45, 2.75) is 0 Å². The van der Waals surface area contributed by atoms with Crippen molar-refractivity contribution < 1.29 is 5.11 Å². The van der Waals surface area contributed by atoms with Crippen LogP contribution < -0.4 is 0 Å². The van der Waals surface area contributed by atoms with E-state index in [9.17, 15) is 10.0 Å². The van der Waals surface area contributed by atoms with Gasteiger partial charge in [0, 0.05) is 0 Å². The summed E-state index contributed by atoms with van der Waals surface area (Å²) in [6.45, 7) is 0. The van der Waals surface area contributed by atoms with Crippen molar-refractivity contribution in [1.29, 1.82) is 0 Å². The van der Waals surface area contributed by atoms with Crippen LogP contribution in [0.25, 0.3) is 10.2 Å². The number of rotatable bonds is 1. The number of nitroso groups, excluding NO2 is 1. The predicted molar refractivity (Wildman–Crippen MR) is 46.7 cm³/mol. The Bertz CT molecular complexity index is 438. The van der Waals surface area contributed by atoms with E-state index in [-0.39, 0.29) is 11.4 Å². The molecule has 0 aliphatic heterocycles. The quantitative estimate of drug-likeness (QED) is 0.685. The van der Waals surface area contributed by atoms with E-state index in [2.05, 4.69) is 10.2 Å². The van der Waals surface area contributed by atoms with E-state index < -0.39 is 0 Å². The number of phenolic OH excluding ortho intramolecular Hbond substituents is 1. The fourth-order valence-corrected chi connectivity index (χ4v) is 1.76. The molecule has 4 nitrogen and oxygen atoms in total. The SMILES string of the molecule is O=Nc1c(O)ccc2ncsc12. The van der Waals surface area contributed by atoms with Gasteiger partial charge in [-0.25, -0.2) is 4.98 Å². The van der Waals surface area contributed by atoms with E-state index in [1.54, 1.807) is 11.6 Å². The lowest BCUT2D eigenvalue weighted by molar-refractivity contribution is 0.477. The molecule has 0 unspecified atom stereocenters. The average molecular weight is 180 g/mol. The predicted octanol–water partition coefficient (Wildman–Crippen LogP) is 2.40. The zero-order valence-corrected chi connectivity index (χ0v) is 6.71. The van der Waals surface area contributed by atoms with Gasteiger partial charge in [-0.3, -0.25) is 0 Å². The summed E-state index contributed by atoms with van der Waals surface area (Å²) in [5.41, 5.74) is 2.38. The molecule has 12 heavy (non-hydrogen) atoms. The number of aromatic hydroxyl groups is 1. The second-order valence-electron chi connectivity index (χ2n) is 2.23. The summed E-state index contributed by atoms with van der Waals surface area (Å²) in [5.74, 6) is -0.0956. The largest absolute Gasteiger partial charge is 0.505 e. The number of phenols is 1. The highest BCUT2D eigenvalue weighted by atomic mass is 32.1. The maximum absolute atomic E-state index is 10.3. The highest BCUT2D eigenvalue weighted by molar-refractivity contribution is 7.17. The maximum atomic E-state index is 10.3. The van der Waals surface area contributed by atoms with Gasteiger partial charge >= 0.3 is 0 Å². The van der Waals surface area contributed by atoms with Gasteiger partial charge in [0.2, 0.25) is 0 Å². The highest BCUT2D eigenvalue weighted by Gasteiger charge is 2.08. The molecule has 0 radical (unpaired) electrons. The molecule has 0 aliphatic carbocycles. The van der Waals surface area contributed by atoms with Gasteiger partial charge in [0.1, 0.15) is 5.75 Å². The molecule has 0 bridgehead atoms. The number of nitrogens with zero attached hydrogens (tertiary/aromatic N) is 2. The molecule has 1 heterocycles. The lowest BCUT2D eigenvalue weighted by atomic mass is 10.3. The van der Waals surface area contributed by atoms with Crippen LogP contribution in [0.1, 0.15) is 0 Å². The normalized spacial score (nSPS) is 10.3. The number of hydrogen-bond donors (Lipinski definition) is 1. The van der Waals surface area contributed by atoms with Gasteiger partial charge in [-0.1, -0.05) is 0 Å². The smallest absolute Gasteiger partial charge is 0.168 e. The lowest BCUT2D eigenvalue weighted by Gasteiger charge is -1.94. The van der Waals surface area contributed by atoms with Crippen molar-refractivity contribution in [3.63, 3.8) is 0 Å². The molecule has 0 fully saturated rings. The minimum atomic E-state index is -0.0956. The van der Waals surface area contributed by atoms with Crippen LogP contribution in [0.4, 0.5) is 5.69 Å². The summed E-state index contributed by atoms with van der Waals surface area (Å²) in [6.07, 6.45) is 0. The van der Waals surface area contributed by atoms with Gasteiger partial charge in [-0.05, 0) is 17.3 Å². The van der Waals surface area contributed by atoms with Gasteiger partial charge in [0.05, 0.1) is 15.7 Å². The van der Waals surface area contributed by atoms with Crippen molar-refractivity contribution >= 4 is 27.2 Å². The molecule has 1 aromatic heterocycles. The zero-order valence-electron chi connectivity index (χ0n) is 5.89. The van der Waals surface area contributed by atoms with Crippen LogP contribution in [0.5, 0.6) is 5.75 Å². The summed E-state index contributed by atoms with van der Waals surface area (Å²) in [4.78, 5) is 14.3. The van der Waals surface area contributed by atoms with Crippen molar-refractivity contribution in [2.75, 3.05) is 0 Å². The number of thiazole rings is 1. The number of fused-ring (bicyclic) bond motifs is 1. The fourth-order valence-electron chi connectivity index (χ4n) is 0.992. The van der Waals surface area contributed by atoms with Crippen molar-refractivity contribution in [3.05, 3.63) is 22.6 Å². The van der Waals surface area contributed by atoms with Crippen LogP contribution in [0.3, 0.4) is 0 Å². The van der Waals surface area contributed by atoms with Gasteiger partial charge in [-0.2, -0.15) is 0 Å². The number of benzene rings is 1. The van der Waals surface area contributed by atoms with Gasteiger partial charge in [0.15, 0.2) is 5.69 Å². The zero-order chi connectivity index (χ0) is 8.55. The third-order valence-electron chi connectivity index (χ3n) is 1.54. The van der Waals surface area contributed by atoms with Crippen LogP contribution in [0, 0.1) is 4.91 Å². The molecule has 0 amide bonds. The standard InChI is InChI=1S/C7H4N2O2S/c10-5-2-1-4-7(6(5)9-11)12-3-8-4/h1-3,10H. The van der Waals surface area contributed by atoms with Crippen LogP contribution in [0.15, 0.2) is 22.8 Å². The molecule has 0 spiro atoms. The van der Waals surface area contributed by atoms with Crippen molar-refractivity contribution in [3.8, 4) is 5.75 Å². The average Bonchev–Trinajstić information content (AvgIpc) is 2.52. The van der Waals surface area contributed by atoms with Crippen LogP contribution in [0.2, 0.25) is 0 Å². The fraction of sp³-hybridized carbons (Fsp3) is 0. The minimum absolute atomic E-state index is 0.0787. The summed E-state index contributed by atoms with van der Waals surface area (Å²) < 4.78 is 0.630. The van der Waals surface area contributed by atoms with E-state index in [1.807, 2.05) is 0 Å². The second kappa shape index (κ2) is 2.53. The topological polar surface area (TPSA) is 62.5 Å². The Labute approximate surface area is 71.5 Å². The summed E-state index contributed by atoms with van der Waals surface area (Å²) in [6, 6.07) is 3.06. The molecule has 2 rings (SSSR count). The molecular weight excluding hydrogens is 176 g/mol. The lowest BCUT2D eigenvalue weighted by Crippen LogP contribution is -1.69. The summed E-state index contributed by atoms with van der Waals surface area (Å²) >= 11 is 1.29. The first-order valence-electron chi connectivity index (χ1n) is 3.21. The Balaban J connectivity index is 2.91. The Hall–Kier alpha value is -1.49. The monoisotopic (exact) mass is 180 g/mol. The van der Waals surface area contributed by atoms with Crippen molar-refractivity contribution in [1.82, 2.24) is 4.98 Å². The minimum Gasteiger partial charge on any atom is -0.505 e. The first-order valence-corrected chi connectivity index (χ1v) is 4.09. The molecule has 60 valence electrons. The molecule has 0 atom stereocenters. The Morgan fingerprint density at radius 1 is 1.50 bits per heavy atom. The van der Waals surface area contributed by atoms with E-state index >= 15 is 0 Å². The molecular formula is C7H4N2O2S. The molecule has 1 N–H and O–H groups in total. The molecule has 2 aromatic rings. The highest BCUT2D eigenvalue weighted by Crippen LogP contribution is 2.36. The number of aromatic nitrogens is 1. The molecule has 0 saturated heterocycles. The van der Waals surface area contributed by atoms with Gasteiger partial charge in [0.25, 0.3) is 0 Å². The maximum Gasteiger partial charge on any atom is 0.168 e. The van der Waals surface area contributed by atoms with Crippen LogP contribution >= 0.6 is 11.3 Å². The third kappa shape index (κ3) is 0.868. The van der Waals surface area contributed by atoms with Gasteiger partial charge < -0.3 is 5.11 Å². The Morgan fingerprint density at radius 3 is 3.08 bits per heavy atom. The molecule has 0 aliphatic rings. The number of hydrogen-bond acceptors (Lipinski definition) is 5. The third-order valence-corrected chi connectivity index (χ3v) is 2.39. The summed E-state index contributed by atoms with van der Waals surface area (Å²) in [5, 5.41) is 12.0. The Morgan fingerprint density at radius 2 is 2.33 bits per heavy atom. The first-order chi connectivity index (χ1) is 5.83. The molecule has 5 heteroatoms. The Kier molecular flexibility index (Phi) is 1.51. The first kappa shape index (κ1) is 7.17. The van der Waals surface area contributed by atoms with Crippen LogP contribution in [-0.4, -0.2) is 10.1 Å². The van der Waals surface area contributed by atoms with Crippen LogP contribution in [-0.2, 0) is 0 Å².